The summed E-state index contributed by atoms with van der Waals surface area (Å²) in [6.07, 6.45) is -0.557. The minimum Gasteiger partial charge on any atom is -0.493 e. The first-order valence-corrected chi connectivity index (χ1v) is 6.08. The molecule has 0 fully saturated rings. The molecule has 1 N–H and O–H groups in total. The molecule has 0 radical (unpaired) electrons. The summed E-state index contributed by atoms with van der Waals surface area (Å²) in [6.45, 7) is 3.86. The lowest BCUT2D eigenvalue weighted by atomic mass is 9.89. The lowest BCUT2D eigenvalue weighted by Gasteiger charge is -2.35. The summed E-state index contributed by atoms with van der Waals surface area (Å²) >= 11 is 0. The zero-order valence-electron chi connectivity index (χ0n) is 10.6. The fourth-order valence-electron chi connectivity index (χ4n) is 2.05. The van der Waals surface area contributed by atoms with Crippen LogP contribution in [0.5, 0.6) is 5.75 Å². The standard InChI is InChI=1S/C14H17NO3/c1-10(16)11(2)18-14(9-15)7-8-17-13-6-4-3-5-12(13)14/h3-6,10-11,16H,7-8H2,1-2H3. The zero-order chi connectivity index (χ0) is 13.2. The summed E-state index contributed by atoms with van der Waals surface area (Å²) in [5.74, 6) is 0.683. The van der Waals surface area contributed by atoms with Crippen LogP contribution in [0.1, 0.15) is 25.8 Å². The molecule has 0 saturated carbocycles. The fraction of sp³-hybridized carbons (Fsp3) is 0.500. The van der Waals surface area contributed by atoms with E-state index >= 15 is 0 Å². The Hall–Kier alpha value is -1.57. The molecule has 1 aromatic rings. The van der Waals surface area contributed by atoms with Gasteiger partial charge in [-0.2, -0.15) is 5.26 Å². The van der Waals surface area contributed by atoms with E-state index in [1.54, 1.807) is 13.8 Å². The molecule has 2 rings (SSSR count). The average molecular weight is 247 g/mol. The number of benzene rings is 1. The van der Waals surface area contributed by atoms with Gasteiger partial charge >= 0.3 is 0 Å². The monoisotopic (exact) mass is 247 g/mol. The van der Waals surface area contributed by atoms with Crippen molar-refractivity contribution in [3.05, 3.63) is 29.8 Å². The second-order valence-electron chi connectivity index (χ2n) is 4.60. The molecule has 4 heteroatoms. The third-order valence-electron chi connectivity index (χ3n) is 3.28. The quantitative estimate of drug-likeness (QED) is 0.887. The number of nitriles is 1. The van der Waals surface area contributed by atoms with Crippen molar-refractivity contribution in [2.24, 2.45) is 0 Å². The molecule has 1 aliphatic heterocycles. The smallest absolute Gasteiger partial charge is 0.186 e. The molecule has 0 bridgehead atoms. The maximum Gasteiger partial charge on any atom is 0.186 e. The number of hydrogen-bond donors (Lipinski definition) is 1. The van der Waals surface area contributed by atoms with Crippen LogP contribution in [-0.2, 0) is 10.3 Å². The Balaban J connectivity index is 2.37. The van der Waals surface area contributed by atoms with E-state index < -0.39 is 17.8 Å². The Morgan fingerprint density at radius 3 is 2.83 bits per heavy atom. The van der Waals surface area contributed by atoms with E-state index in [0.29, 0.717) is 18.8 Å². The second-order valence-corrected chi connectivity index (χ2v) is 4.60. The van der Waals surface area contributed by atoms with Crippen LogP contribution in [0.15, 0.2) is 24.3 Å². The SMILES string of the molecule is CC(O)C(C)OC1(C#N)CCOc2ccccc21. The number of para-hydroxylation sites is 1. The summed E-state index contributed by atoms with van der Waals surface area (Å²) in [6, 6.07) is 9.64. The zero-order valence-corrected chi connectivity index (χ0v) is 10.6. The Morgan fingerprint density at radius 2 is 2.17 bits per heavy atom. The van der Waals surface area contributed by atoms with Crippen molar-refractivity contribution in [1.29, 1.82) is 5.26 Å². The molecule has 0 spiro atoms. The summed E-state index contributed by atoms with van der Waals surface area (Å²) in [5, 5.41) is 19.1. The molecule has 96 valence electrons. The minimum absolute atomic E-state index is 0.407. The molecule has 4 nitrogen and oxygen atoms in total. The molecule has 0 saturated heterocycles. The second kappa shape index (κ2) is 4.97. The van der Waals surface area contributed by atoms with E-state index in [9.17, 15) is 10.4 Å². The number of ether oxygens (including phenoxy) is 2. The van der Waals surface area contributed by atoms with Gasteiger partial charge in [0, 0.05) is 12.0 Å². The first kappa shape index (κ1) is 12.9. The predicted molar refractivity (Wildman–Crippen MR) is 66.1 cm³/mol. The normalized spacial score (nSPS) is 25.4. The Bertz CT molecular complexity index is 466. The number of hydrogen-bond acceptors (Lipinski definition) is 4. The van der Waals surface area contributed by atoms with Crippen molar-refractivity contribution in [3.63, 3.8) is 0 Å². The average Bonchev–Trinajstić information content (AvgIpc) is 2.39. The largest absolute Gasteiger partial charge is 0.493 e. The van der Waals surface area contributed by atoms with Gasteiger partial charge < -0.3 is 14.6 Å². The van der Waals surface area contributed by atoms with Gasteiger partial charge in [0.25, 0.3) is 0 Å². The number of aliphatic hydroxyl groups is 1. The van der Waals surface area contributed by atoms with Crippen LogP contribution < -0.4 is 4.74 Å². The van der Waals surface area contributed by atoms with Gasteiger partial charge in [0.2, 0.25) is 0 Å². The predicted octanol–water partition coefficient (Wildman–Crippen LogP) is 1.97. The van der Waals surface area contributed by atoms with Crippen molar-refractivity contribution in [2.45, 2.75) is 38.1 Å². The van der Waals surface area contributed by atoms with E-state index in [0.717, 1.165) is 5.56 Å². The van der Waals surface area contributed by atoms with Crippen LogP contribution in [-0.4, -0.2) is 23.9 Å². The van der Waals surface area contributed by atoms with E-state index in [1.165, 1.54) is 0 Å². The van der Waals surface area contributed by atoms with Crippen molar-refractivity contribution in [1.82, 2.24) is 0 Å². The third kappa shape index (κ3) is 2.20. The lowest BCUT2D eigenvalue weighted by molar-refractivity contribution is -0.112. The van der Waals surface area contributed by atoms with Gasteiger partial charge in [-0.15, -0.1) is 0 Å². The maximum absolute atomic E-state index is 9.54. The van der Waals surface area contributed by atoms with Gasteiger partial charge in [-0.3, -0.25) is 0 Å². The molecular weight excluding hydrogens is 230 g/mol. The molecule has 3 unspecified atom stereocenters. The highest BCUT2D eigenvalue weighted by Crippen LogP contribution is 2.40. The highest BCUT2D eigenvalue weighted by molar-refractivity contribution is 5.43. The molecule has 0 aliphatic carbocycles. The van der Waals surface area contributed by atoms with Gasteiger partial charge in [-0.1, -0.05) is 18.2 Å². The molecule has 1 aromatic carbocycles. The van der Waals surface area contributed by atoms with Crippen molar-refractivity contribution in [3.8, 4) is 11.8 Å². The Kier molecular flexibility index (Phi) is 3.55. The van der Waals surface area contributed by atoms with E-state index in [-0.39, 0.29) is 0 Å². The number of rotatable bonds is 3. The van der Waals surface area contributed by atoms with Crippen molar-refractivity contribution in [2.75, 3.05) is 6.61 Å². The fourth-order valence-corrected chi connectivity index (χ4v) is 2.05. The Labute approximate surface area is 107 Å². The van der Waals surface area contributed by atoms with E-state index in [4.69, 9.17) is 9.47 Å². The highest BCUT2D eigenvalue weighted by atomic mass is 16.5. The van der Waals surface area contributed by atoms with Crippen LogP contribution in [0.2, 0.25) is 0 Å². The van der Waals surface area contributed by atoms with Crippen LogP contribution >= 0.6 is 0 Å². The highest BCUT2D eigenvalue weighted by Gasteiger charge is 2.41. The van der Waals surface area contributed by atoms with E-state index in [1.807, 2.05) is 24.3 Å². The number of fused-ring (bicyclic) bond motifs is 1. The van der Waals surface area contributed by atoms with Crippen molar-refractivity contribution >= 4 is 0 Å². The van der Waals surface area contributed by atoms with Crippen LogP contribution in [0.3, 0.4) is 0 Å². The van der Waals surface area contributed by atoms with Gasteiger partial charge in [0.05, 0.1) is 18.8 Å². The van der Waals surface area contributed by atoms with Gasteiger partial charge in [-0.05, 0) is 19.9 Å². The van der Waals surface area contributed by atoms with Crippen LogP contribution in [0.25, 0.3) is 0 Å². The summed E-state index contributed by atoms with van der Waals surface area (Å²) in [4.78, 5) is 0. The third-order valence-corrected chi connectivity index (χ3v) is 3.28. The van der Waals surface area contributed by atoms with E-state index in [2.05, 4.69) is 6.07 Å². The molecular formula is C14H17NO3. The van der Waals surface area contributed by atoms with Crippen LogP contribution in [0, 0.1) is 11.3 Å². The van der Waals surface area contributed by atoms with Gasteiger partial charge in [0.15, 0.2) is 5.60 Å². The summed E-state index contributed by atoms with van der Waals surface area (Å²) < 4.78 is 11.4. The molecule has 3 atom stereocenters. The lowest BCUT2D eigenvalue weighted by Crippen LogP contribution is -2.40. The van der Waals surface area contributed by atoms with Crippen LogP contribution in [0.4, 0.5) is 0 Å². The first-order chi connectivity index (χ1) is 8.59. The summed E-state index contributed by atoms with van der Waals surface area (Å²) in [7, 11) is 0. The van der Waals surface area contributed by atoms with Gasteiger partial charge in [-0.25, -0.2) is 0 Å². The van der Waals surface area contributed by atoms with Gasteiger partial charge in [0.1, 0.15) is 11.8 Å². The molecule has 0 amide bonds. The number of nitrogens with zero attached hydrogens (tertiary/aromatic N) is 1. The van der Waals surface area contributed by atoms with Crippen molar-refractivity contribution < 1.29 is 14.6 Å². The minimum atomic E-state index is -1.02. The Morgan fingerprint density at radius 1 is 1.44 bits per heavy atom. The molecule has 0 aromatic heterocycles. The first-order valence-electron chi connectivity index (χ1n) is 6.08. The summed E-state index contributed by atoms with van der Waals surface area (Å²) in [5.41, 5.74) is -0.281. The molecule has 18 heavy (non-hydrogen) atoms. The topological polar surface area (TPSA) is 62.5 Å². The number of aliphatic hydroxyl groups excluding tert-OH is 1. The molecule has 1 aliphatic rings. The molecule has 1 heterocycles. The maximum atomic E-state index is 9.54.